The Morgan fingerprint density at radius 2 is 2.36 bits per heavy atom. The molecule has 0 aromatic heterocycles. The molecule has 4 heteroatoms. The van der Waals surface area contributed by atoms with E-state index < -0.39 is 0 Å². The minimum absolute atomic E-state index is 0.151. The van der Waals surface area contributed by atoms with Crippen molar-refractivity contribution in [3.63, 3.8) is 0 Å². The van der Waals surface area contributed by atoms with E-state index in [1.165, 1.54) is 0 Å². The van der Waals surface area contributed by atoms with Crippen LogP contribution in [0.15, 0.2) is 0 Å². The van der Waals surface area contributed by atoms with Crippen LogP contribution < -0.4 is 10.6 Å². The van der Waals surface area contributed by atoms with Gasteiger partial charge >= 0.3 is 0 Å². The Bertz CT molecular complexity index is 168. The van der Waals surface area contributed by atoms with Gasteiger partial charge < -0.3 is 15.7 Å². The van der Waals surface area contributed by atoms with Crippen LogP contribution >= 0.6 is 0 Å². The Hall–Kier alpha value is -0.610. The normalized spacial score (nSPS) is 21.9. The van der Waals surface area contributed by atoms with E-state index in [1.54, 1.807) is 0 Å². The summed E-state index contributed by atoms with van der Waals surface area (Å²) >= 11 is 0. The molecule has 1 amide bonds. The fourth-order valence-electron chi connectivity index (χ4n) is 1.67. The van der Waals surface area contributed by atoms with Crippen molar-refractivity contribution in [2.24, 2.45) is 5.92 Å². The van der Waals surface area contributed by atoms with Crippen LogP contribution in [0.25, 0.3) is 0 Å². The second-order valence-electron chi connectivity index (χ2n) is 3.77. The predicted molar refractivity (Wildman–Crippen MR) is 54.9 cm³/mol. The molecule has 1 rings (SSSR count). The van der Waals surface area contributed by atoms with Gasteiger partial charge in [0.05, 0.1) is 5.92 Å². The van der Waals surface area contributed by atoms with Crippen LogP contribution in [0.3, 0.4) is 0 Å². The van der Waals surface area contributed by atoms with E-state index in [0.717, 1.165) is 38.8 Å². The summed E-state index contributed by atoms with van der Waals surface area (Å²) in [5.41, 5.74) is 0. The minimum atomic E-state index is 0.151. The van der Waals surface area contributed by atoms with E-state index in [-0.39, 0.29) is 18.4 Å². The van der Waals surface area contributed by atoms with Crippen LogP contribution in [-0.4, -0.2) is 37.3 Å². The molecule has 1 saturated heterocycles. The van der Waals surface area contributed by atoms with Gasteiger partial charge in [-0.1, -0.05) is 0 Å². The summed E-state index contributed by atoms with van der Waals surface area (Å²) in [6.07, 6.45) is 3.72. The molecular weight excluding hydrogens is 180 g/mol. The number of aliphatic hydroxyl groups is 1. The van der Waals surface area contributed by atoms with Crippen LogP contribution in [0.4, 0.5) is 0 Å². The van der Waals surface area contributed by atoms with Crippen molar-refractivity contribution in [1.29, 1.82) is 0 Å². The summed E-state index contributed by atoms with van der Waals surface area (Å²) in [5, 5.41) is 14.7. The quantitative estimate of drug-likeness (QED) is 0.542. The van der Waals surface area contributed by atoms with Gasteiger partial charge in [-0.2, -0.15) is 0 Å². The summed E-state index contributed by atoms with van der Waals surface area (Å²) < 4.78 is 0. The Labute approximate surface area is 85.1 Å². The highest BCUT2D eigenvalue weighted by molar-refractivity contribution is 5.78. The van der Waals surface area contributed by atoms with Crippen molar-refractivity contribution in [3.8, 4) is 0 Å². The molecule has 1 heterocycles. The van der Waals surface area contributed by atoms with Crippen LogP contribution in [0.2, 0.25) is 0 Å². The molecule has 0 bridgehead atoms. The fourth-order valence-corrected chi connectivity index (χ4v) is 1.67. The zero-order valence-corrected chi connectivity index (χ0v) is 8.59. The van der Waals surface area contributed by atoms with E-state index in [0.29, 0.717) is 6.54 Å². The Balaban J connectivity index is 2.07. The van der Waals surface area contributed by atoms with Gasteiger partial charge in [-0.25, -0.2) is 0 Å². The molecule has 0 spiro atoms. The molecule has 1 aliphatic rings. The fraction of sp³-hybridized carbons (Fsp3) is 0.900. The Morgan fingerprint density at radius 3 is 3.00 bits per heavy atom. The van der Waals surface area contributed by atoms with E-state index in [9.17, 15) is 4.79 Å². The summed E-state index contributed by atoms with van der Waals surface area (Å²) in [4.78, 5) is 11.5. The molecule has 82 valence electrons. The number of carbonyl (C=O) groups excluding carboxylic acids is 1. The lowest BCUT2D eigenvalue weighted by Crippen LogP contribution is -2.40. The molecule has 1 fully saturated rings. The first-order chi connectivity index (χ1) is 6.84. The standard InChI is InChI=1S/C10H20N2O2/c13-7-2-1-6-12-10(14)9-4-3-5-11-8-9/h9,11,13H,1-8H2,(H,12,14)/t9-/m0/s1. The van der Waals surface area contributed by atoms with Crippen LogP contribution in [0.1, 0.15) is 25.7 Å². The van der Waals surface area contributed by atoms with Crippen LogP contribution in [-0.2, 0) is 4.79 Å². The van der Waals surface area contributed by atoms with Crippen molar-refractivity contribution in [3.05, 3.63) is 0 Å². The van der Waals surface area contributed by atoms with Crippen molar-refractivity contribution in [2.75, 3.05) is 26.2 Å². The Morgan fingerprint density at radius 1 is 1.50 bits per heavy atom. The first-order valence-electron chi connectivity index (χ1n) is 5.44. The van der Waals surface area contributed by atoms with Gasteiger partial charge in [0, 0.05) is 19.7 Å². The Kier molecular flexibility index (Phi) is 5.56. The SMILES string of the molecule is O=C(NCCCCO)[C@H]1CCCNC1. The summed E-state index contributed by atoms with van der Waals surface area (Å²) in [6.45, 7) is 2.75. The predicted octanol–water partition coefficient (Wildman–Crippen LogP) is -0.125. The maximum absolute atomic E-state index is 11.5. The number of nitrogens with one attached hydrogen (secondary N) is 2. The molecule has 4 nitrogen and oxygen atoms in total. The molecular formula is C10H20N2O2. The maximum Gasteiger partial charge on any atom is 0.224 e. The van der Waals surface area contributed by atoms with Gasteiger partial charge in [0.15, 0.2) is 0 Å². The molecule has 1 atom stereocenters. The zero-order chi connectivity index (χ0) is 10.2. The first-order valence-corrected chi connectivity index (χ1v) is 5.44. The number of piperidine rings is 1. The largest absolute Gasteiger partial charge is 0.396 e. The molecule has 14 heavy (non-hydrogen) atoms. The van der Waals surface area contributed by atoms with Crippen LogP contribution in [0, 0.1) is 5.92 Å². The van der Waals surface area contributed by atoms with Crippen molar-refractivity contribution in [1.82, 2.24) is 10.6 Å². The van der Waals surface area contributed by atoms with Gasteiger partial charge in [0.1, 0.15) is 0 Å². The third-order valence-electron chi connectivity index (χ3n) is 2.55. The van der Waals surface area contributed by atoms with Crippen LogP contribution in [0.5, 0.6) is 0 Å². The van der Waals surface area contributed by atoms with Crippen molar-refractivity contribution < 1.29 is 9.90 Å². The lowest BCUT2D eigenvalue weighted by Gasteiger charge is -2.21. The highest BCUT2D eigenvalue weighted by Gasteiger charge is 2.19. The molecule has 0 aromatic carbocycles. The number of amides is 1. The average Bonchev–Trinajstić information content (AvgIpc) is 2.25. The number of unbranched alkanes of at least 4 members (excludes halogenated alkanes) is 1. The molecule has 0 unspecified atom stereocenters. The van der Waals surface area contributed by atoms with E-state index in [4.69, 9.17) is 5.11 Å². The molecule has 0 saturated carbocycles. The number of aliphatic hydroxyl groups excluding tert-OH is 1. The molecule has 0 radical (unpaired) electrons. The van der Waals surface area contributed by atoms with Gasteiger partial charge in [-0.05, 0) is 32.2 Å². The molecule has 0 aliphatic carbocycles. The number of rotatable bonds is 5. The topological polar surface area (TPSA) is 61.4 Å². The highest BCUT2D eigenvalue weighted by atomic mass is 16.2. The third kappa shape index (κ3) is 4.07. The van der Waals surface area contributed by atoms with E-state index in [2.05, 4.69) is 10.6 Å². The van der Waals surface area contributed by atoms with Gasteiger partial charge in [-0.3, -0.25) is 4.79 Å². The van der Waals surface area contributed by atoms with Crippen molar-refractivity contribution >= 4 is 5.91 Å². The van der Waals surface area contributed by atoms with E-state index in [1.807, 2.05) is 0 Å². The first kappa shape index (κ1) is 11.5. The van der Waals surface area contributed by atoms with E-state index >= 15 is 0 Å². The highest BCUT2D eigenvalue weighted by Crippen LogP contribution is 2.09. The average molecular weight is 200 g/mol. The van der Waals surface area contributed by atoms with Gasteiger partial charge in [0.2, 0.25) is 5.91 Å². The zero-order valence-electron chi connectivity index (χ0n) is 8.59. The lowest BCUT2D eigenvalue weighted by molar-refractivity contribution is -0.125. The van der Waals surface area contributed by atoms with Crippen molar-refractivity contribution in [2.45, 2.75) is 25.7 Å². The number of hydrogen-bond acceptors (Lipinski definition) is 3. The minimum Gasteiger partial charge on any atom is -0.396 e. The second-order valence-corrected chi connectivity index (χ2v) is 3.77. The van der Waals surface area contributed by atoms with Gasteiger partial charge in [0.25, 0.3) is 0 Å². The lowest BCUT2D eigenvalue weighted by atomic mass is 9.99. The number of carbonyl (C=O) groups is 1. The number of hydrogen-bond donors (Lipinski definition) is 3. The summed E-state index contributed by atoms with van der Waals surface area (Å²) in [6, 6.07) is 0. The second kappa shape index (κ2) is 6.79. The molecule has 1 aliphatic heterocycles. The smallest absolute Gasteiger partial charge is 0.224 e. The molecule has 3 N–H and O–H groups in total. The summed E-state index contributed by atoms with van der Waals surface area (Å²) in [7, 11) is 0. The molecule has 0 aromatic rings. The summed E-state index contributed by atoms with van der Waals surface area (Å²) in [5.74, 6) is 0.313. The monoisotopic (exact) mass is 200 g/mol. The third-order valence-corrected chi connectivity index (χ3v) is 2.55. The maximum atomic E-state index is 11.5. The van der Waals surface area contributed by atoms with Gasteiger partial charge in [-0.15, -0.1) is 0 Å².